The number of nitrogens with one attached hydrogen (secondary N) is 1. The lowest BCUT2D eigenvalue weighted by Gasteiger charge is -2.18. The van der Waals surface area contributed by atoms with Crippen LogP contribution < -0.4 is 11.0 Å². The molecule has 1 aromatic carbocycles. The Hall–Kier alpha value is -3.78. The third-order valence-electron chi connectivity index (χ3n) is 4.99. The molecule has 1 aliphatic rings. The first-order valence-corrected chi connectivity index (χ1v) is 10.2. The predicted octanol–water partition coefficient (Wildman–Crippen LogP) is 3.26. The van der Waals surface area contributed by atoms with Gasteiger partial charge in [-0.1, -0.05) is 56.5 Å². The highest BCUT2D eigenvalue weighted by atomic mass is 16.6. The Morgan fingerprint density at radius 2 is 2.03 bits per heavy atom. The number of aromatic nitrogens is 2. The standard InChI is InChI=1S/C24H25N3O5/c1-4-9-17(5-2)21(28)25-20-12-13-27(24(30)26-20)22-16(3)14-19(32-22)15-31-23(29)18-10-7-6-8-11-18/h4-13,16,19,22H,1-2,14-15H2,3H3,(H,25,26,28,30)/b17-9+. The second-order valence-corrected chi connectivity index (χ2v) is 7.34. The summed E-state index contributed by atoms with van der Waals surface area (Å²) in [7, 11) is 0. The van der Waals surface area contributed by atoms with E-state index in [-0.39, 0.29) is 24.4 Å². The molecule has 0 bridgehead atoms. The van der Waals surface area contributed by atoms with E-state index in [0.29, 0.717) is 17.6 Å². The Labute approximate surface area is 185 Å². The van der Waals surface area contributed by atoms with Gasteiger partial charge in [0.15, 0.2) is 0 Å². The van der Waals surface area contributed by atoms with Gasteiger partial charge >= 0.3 is 11.7 Å². The first-order valence-electron chi connectivity index (χ1n) is 10.2. The van der Waals surface area contributed by atoms with E-state index in [0.717, 1.165) is 0 Å². The van der Waals surface area contributed by atoms with Gasteiger partial charge in [0.2, 0.25) is 0 Å². The molecule has 3 unspecified atom stereocenters. The molecule has 0 aliphatic carbocycles. The lowest BCUT2D eigenvalue weighted by Crippen LogP contribution is -2.30. The van der Waals surface area contributed by atoms with Crippen molar-refractivity contribution >= 4 is 17.7 Å². The monoisotopic (exact) mass is 435 g/mol. The second kappa shape index (κ2) is 10.5. The van der Waals surface area contributed by atoms with Crippen LogP contribution in [0.15, 0.2) is 84.3 Å². The van der Waals surface area contributed by atoms with Gasteiger partial charge in [0.1, 0.15) is 18.7 Å². The van der Waals surface area contributed by atoms with Gasteiger partial charge in [-0.3, -0.25) is 9.36 Å². The largest absolute Gasteiger partial charge is 0.459 e. The van der Waals surface area contributed by atoms with Crippen LogP contribution in [0.4, 0.5) is 5.82 Å². The van der Waals surface area contributed by atoms with Crippen LogP contribution in [0.3, 0.4) is 0 Å². The number of carbonyl (C=O) groups is 2. The fourth-order valence-electron chi connectivity index (χ4n) is 3.42. The third-order valence-corrected chi connectivity index (χ3v) is 4.99. The van der Waals surface area contributed by atoms with Gasteiger partial charge in [-0.2, -0.15) is 4.98 Å². The van der Waals surface area contributed by atoms with Gasteiger partial charge in [0.05, 0.1) is 11.7 Å². The fourth-order valence-corrected chi connectivity index (χ4v) is 3.42. The topological polar surface area (TPSA) is 99.5 Å². The molecule has 8 nitrogen and oxygen atoms in total. The summed E-state index contributed by atoms with van der Waals surface area (Å²) < 4.78 is 12.7. The molecule has 3 atom stereocenters. The number of hydrogen-bond donors (Lipinski definition) is 1. The van der Waals surface area contributed by atoms with Gasteiger partial charge in [0.25, 0.3) is 5.91 Å². The zero-order valence-electron chi connectivity index (χ0n) is 17.8. The highest BCUT2D eigenvalue weighted by Crippen LogP contribution is 2.33. The zero-order chi connectivity index (χ0) is 23.1. The number of esters is 1. The Bertz CT molecular complexity index is 1090. The number of carbonyl (C=O) groups excluding carboxylic acids is 2. The minimum atomic E-state index is -0.561. The van der Waals surface area contributed by atoms with Crippen molar-refractivity contribution in [1.29, 1.82) is 0 Å². The van der Waals surface area contributed by atoms with E-state index in [1.807, 2.05) is 13.0 Å². The molecule has 1 N–H and O–H groups in total. The van der Waals surface area contributed by atoms with Gasteiger partial charge < -0.3 is 14.8 Å². The third kappa shape index (κ3) is 5.47. The van der Waals surface area contributed by atoms with Crippen molar-refractivity contribution in [2.75, 3.05) is 11.9 Å². The molecular formula is C24H25N3O5. The molecule has 1 saturated heterocycles. The van der Waals surface area contributed by atoms with Crippen LogP contribution in [0, 0.1) is 5.92 Å². The zero-order valence-corrected chi connectivity index (χ0v) is 17.8. The van der Waals surface area contributed by atoms with Crippen molar-refractivity contribution in [3.8, 4) is 0 Å². The van der Waals surface area contributed by atoms with Crippen LogP contribution >= 0.6 is 0 Å². The number of ether oxygens (including phenoxy) is 2. The van der Waals surface area contributed by atoms with Gasteiger partial charge in [0, 0.05) is 17.7 Å². The molecule has 166 valence electrons. The Balaban J connectivity index is 1.63. The number of hydrogen-bond acceptors (Lipinski definition) is 6. The Morgan fingerprint density at radius 3 is 2.69 bits per heavy atom. The maximum absolute atomic E-state index is 12.6. The maximum atomic E-state index is 12.6. The summed E-state index contributed by atoms with van der Waals surface area (Å²) in [6.07, 6.45) is 5.60. The second-order valence-electron chi connectivity index (χ2n) is 7.34. The van der Waals surface area contributed by atoms with Crippen LogP contribution in [0.2, 0.25) is 0 Å². The first-order chi connectivity index (χ1) is 15.4. The van der Waals surface area contributed by atoms with Gasteiger partial charge in [-0.15, -0.1) is 0 Å². The molecule has 32 heavy (non-hydrogen) atoms. The minimum absolute atomic E-state index is 0.00161. The number of anilines is 1. The van der Waals surface area contributed by atoms with E-state index < -0.39 is 23.8 Å². The lowest BCUT2D eigenvalue weighted by molar-refractivity contribution is -0.112. The summed E-state index contributed by atoms with van der Waals surface area (Å²) in [5.41, 5.74) is 0.205. The molecule has 1 fully saturated rings. The van der Waals surface area contributed by atoms with Crippen LogP contribution in [0.1, 0.15) is 29.9 Å². The summed E-state index contributed by atoms with van der Waals surface area (Å²) in [6.45, 7) is 9.15. The fraction of sp³-hybridized carbons (Fsp3) is 0.250. The van der Waals surface area contributed by atoms with Crippen molar-refractivity contribution in [1.82, 2.24) is 9.55 Å². The van der Waals surface area contributed by atoms with Crippen molar-refractivity contribution < 1.29 is 19.1 Å². The van der Waals surface area contributed by atoms with E-state index in [9.17, 15) is 14.4 Å². The SMILES string of the molecule is C=C/C=C(\C=C)C(=O)Nc1ccn(C2OC(COC(=O)c3ccccc3)CC2C)c(=O)n1. The molecule has 3 rings (SSSR count). The van der Waals surface area contributed by atoms with E-state index in [1.54, 1.807) is 24.3 Å². The molecular weight excluding hydrogens is 410 g/mol. The van der Waals surface area contributed by atoms with Crippen LogP contribution in [0.5, 0.6) is 0 Å². The maximum Gasteiger partial charge on any atom is 0.351 e. The van der Waals surface area contributed by atoms with Crippen LogP contribution in [0.25, 0.3) is 0 Å². The summed E-state index contributed by atoms with van der Waals surface area (Å²) in [5, 5.41) is 2.56. The predicted molar refractivity (Wildman–Crippen MR) is 120 cm³/mol. The number of nitrogens with zero attached hydrogens (tertiary/aromatic N) is 2. The molecule has 1 amide bonds. The minimum Gasteiger partial charge on any atom is -0.459 e. The first kappa shape index (κ1) is 22.9. The smallest absolute Gasteiger partial charge is 0.351 e. The number of allylic oxidation sites excluding steroid dienone is 2. The summed E-state index contributed by atoms with van der Waals surface area (Å²) in [4.78, 5) is 40.8. The number of benzene rings is 1. The molecule has 2 heterocycles. The Kier molecular flexibility index (Phi) is 7.51. The highest BCUT2D eigenvalue weighted by Gasteiger charge is 2.35. The van der Waals surface area contributed by atoms with Gasteiger partial charge in [-0.05, 0) is 24.6 Å². The summed E-state index contributed by atoms with van der Waals surface area (Å²) >= 11 is 0. The molecule has 1 aromatic heterocycles. The van der Waals surface area contributed by atoms with E-state index in [2.05, 4.69) is 23.5 Å². The molecule has 1 aliphatic heterocycles. The van der Waals surface area contributed by atoms with Crippen LogP contribution in [-0.2, 0) is 14.3 Å². The number of amides is 1. The quantitative estimate of drug-likeness (QED) is 0.388. The molecule has 0 spiro atoms. The van der Waals surface area contributed by atoms with Crippen molar-refractivity contribution in [2.45, 2.75) is 25.7 Å². The molecule has 2 aromatic rings. The summed E-state index contributed by atoms with van der Waals surface area (Å²) in [6, 6.07) is 10.2. The lowest BCUT2D eigenvalue weighted by atomic mass is 10.1. The normalized spacial score (nSPS) is 20.4. The average molecular weight is 435 g/mol. The van der Waals surface area contributed by atoms with Crippen molar-refractivity contribution in [3.05, 3.63) is 95.6 Å². The average Bonchev–Trinajstić information content (AvgIpc) is 3.16. The molecule has 0 radical (unpaired) electrons. The molecule has 8 heteroatoms. The van der Waals surface area contributed by atoms with Crippen molar-refractivity contribution in [3.63, 3.8) is 0 Å². The molecule has 0 saturated carbocycles. The van der Waals surface area contributed by atoms with E-state index in [4.69, 9.17) is 9.47 Å². The van der Waals surface area contributed by atoms with Crippen molar-refractivity contribution in [2.24, 2.45) is 5.92 Å². The number of rotatable bonds is 8. The van der Waals surface area contributed by atoms with E-state index >= 15 is 0 Å². The van der Waals surface area contributed by atoms with E-state index in [1.165, 1.54) is 35.1 Å². The highest BCUT2D eigenvalue weighted by molar-refractivity contribution is 6.05. The Morgan fingerprint density at radius 1 is 1.28 bits per heavy atom. The van der Waals surface area contributed by atoms with Gasteiger partial charge in [-0.25, -0.2) is 9.59 Å². The summed E-state index contributed by atoms with van der Waals surface area (Å²) in [5.74, 6) is -0.755. The van der Waals surface area contributed by atoms with Crippen LogP contribution in [-0.4, -0.2) is 34.1 Å².